The first kappa shape index (κ1) is 28.0. The minimum atomic E-state index is -0.966. The van der Waals surface area contributed by atoms with Gasteiger partial charge < -0.3 is 35.5 Å². The van der Waals surface area contributed by atoms with Gasteiger partial charge in [-0.25, -0.2) is 9.59 Å². The van der Waals surface area contributed by atoms with Gasteiger partial charge in [-0.15, -0.1) is 0 Å². The number of hydrogen-bond donors (Lipinski definition) is 4. The van der Waals surface area contributed by atoms with E-state index in [-0.39, 0.29) is 31.9 Å². The molecule has 4 amide bonds. The van der Waals surface area contributed by atoms with Crippen LogP contribution in [-0.4, -0.2) is 49.8 Å². The molecule has 0 aromatic heterocycles. The summed E-state index contributed by atoms with van der Waals surface area (Å²) >= 11 is 0. The Kier molecular flexibility index (Phi) is 9.54. The summed E-state index contributed by atoms with van der Waals surface area (Å²) in [6.07, 6.45) is 0.162. The van der Waals surface area contributed by atoms with Gasteiger partial charge in [0.25, 0.3) is 5.91 Å². The normalized spacial score (nSPS) is 12.1. The van der Waals surface area contributed by atoms with Gasteiger partial charge in [0, 0.05) is 24.2 Å². The van der Waals surface area contributed by atoms with Crippen LogP contribution in [0.3, 0.4) is 0 Å². The largest absolute Gasteiger partial charge is 0.464 e. The van der Waals surface area contributed by atoms with Crippen molar-refractivity contribution < 1.29 is 33.4 Å². The number of anilines is 1. The number of esters is 1. The van der Waals surface area contributed by atoms with E-state index in [9.17, 15) is 19.2 Å². The van der Waals surface area contributed by atoms with Gasteiger partial charge in [0.15, 0.2) is 11.5 Å². The zero-order chi connectivity index (χ0) is 28.3. The van der Waals surface area contributed by atoms with Gasteiger partial charge in [-0.05, 0) is 48.4 Å². The summed E-state index contributed by atoms with van der Waals surface area (Å²) in [6.45, 7) is 1.93. The fourth-order valence-corrected chi connectivity index (χ4v) is 3.94. The molecule has 1 aliphatic rings. The Morgan fingerprint density at radius 1 is 0.875 bits per heavy atom. The lowest BCUT2D eigenvalue weighted by molar-refractivity contribution is -0.147. The van der Waals surface area contributed by atoms with E-state index in [1.165, 1.54) is 6.07 Å². The summed E-state index contributed by atoms with van der Waals surface area (Å²) in [5.74, 6) is -0.516. The van der Waals surface area contributed by atoms with Crippen LogP contribution in [0.15, 0.2) is 72.8 Å². The first-order chi connectivity index (χ1) is 19.4. The van der Waals surface area contributed by atoms with Crippen molar-refractivity contribution in [1.29, 1.82) is 0 Å². The van der Waals surface area contributed by atoms with E-state index in [1.54, 1.807) is 43.3 Å². The van der Waals surface area contributed by atoms with Crippen molar-refractivity contribution in [3.63, 3.8) is 0 Å². The number of ether oxygens (including phenoxy) is 3. The lowest BCUT2D eigenvalue weighted by atomic mass is 10.1. The Morgan fingerprint density at radius 3 is 2.48 bits per heavy atom. The molecule has 0 spiro atoms. The molecule has 208 valence electrons. The molecular formula is C29H30N4O7. The summed E-state index contributed by atoms with van der Waals surface area (Å²) in [5.41, 5.74) is 2.35. The Labute approximate surface area is 231 Å². The average Bonchev–Trinajstić information content (AvgIpc) is 3.43. The fraction of sp³-hybridized carbons (Fsp3) is 0.241. The first-order valence-corrected chi connectivity index (χ1v) is 12.7. The predicted molar refractivity (Wildman–Crippen MR) is 146 cm³/mol. The van der Waals surface area contributed by atoms with Gasteiger partial charge in [-0.1, -0.05) is 42.5 Å². The maximum absolute atomic E-state index is 12.7. The number of amides is 4. The molecule has 11 nitrogen and oxygen atoms in total. The fourth-order valence-electron chi connectivity index (χ4n) is 3.94. The van der Waals surface area contributed by atoms with Crippen LogP contribution in [0.1, 0.15) is 28.4 Å². The van der Waals surface area contributed by atoms with Gasteiger partial charge in [-0.3, -0.25) is 9.59 Å². The summed E-state index contributed by atoms with van der Waals surface area (Å²) in [5, 5.41) is 10.6. The smallest absolute Gasteiger partial charge is 0.328 e. The third kappa shape index (κ3) is 7.97. The highest BCUT2D eigenvalue weighted by molar-refractivity contribution is 5.98. The molecule has 11 heteroatoms. The molecule has 1 heterocycles. The van der Waals surface area contributed by atoms with Crippen LogP contribution < -0.4 is 30.7 Å². The van der Waals surface area contributed by atoms with E-state index in [0.29, 0.717) is 23.7 Å². The van der Waals surface area contributed by atoms with Crippen LogP contribution in [0.25, 0.3) is 0 Å². The molecule has 4 N–H and O–H groups in total. The first-order valence-electron chi connectivity index (χ1n) is 12.7. The van der Waals surface area contributed by atoms with Crippen LogP contribution in [0, 0.1) is 0 Å². The lowest BCUT2D eigenvalue weighted by Gasteiger charge is -2.18. The molecular weight excluding hydrogens is 516 g/mol. The SMILES string of the molecule is CCOC(=O)C(Cc1ccc2c(c1)OCO2)NC(=O)CNC(=O)c1cccc(NC(=O)NCc2ccccc2)c1. The molecule has 1 atom stereocenters. The number of carbonyl (C=O) groups excluding carboxylic acids is 4. The van der Waals surface area contributed by atoms with Crippen LogP contribution in [0.4, 0.5) is 10.5 Å². The minimum Gasteiger partial charge on any atom is -0.464 e. The third-order valence-corrected chi connectivity index (χ3v) is 5.87. The molecule has 0 bridgehead atoms. The maximum atomic E-state index is 12.7. The van der Waals surface area contributed by atoms with Gasteiger partial charge in [0.05, 0.1) is 13.2 Å². The van der Waals surface area contributed by atoms with Crippen LogP contribution in [-0.2, 0) is 27.3 Å². The molecule has 40 heavy (non-hydrogen) atoms. The third-order valence-electron chi connectivity index (χ3n) is 5.87. The number of carbonyl (C=O) groups is 4. The highest BCUT2D eigenvalue weighted by atomic mass is 16.7. The molecule has 4 rings (SSSR count). The van der Waals surface area contributed by atoms with Crippen molar-refractivity contribution in [3.05, 3.63) is 89.5 Å². The van der Waals surface area contributed by atoms with Gasteiger partial charge in [0.1, 0.15) is 6.04 Å². The maximum Gasteiger partial charge on any atom is 0.328 e. The lowest BCUT2D eigenvalue weighted by Crippen LogP contribution is -2.47. The van der Waals surface area contributed by atoms with Crippen molar-refractivity contribution in [3.8, 4) is 11.5 Å². The molecule has 0 aliphatic carbocycles. The van der Waals surface area contributed by atoms with E-state index in [0.717, 1.165) is 11.1 Å². The Hall–Kier alpha value is -5.06. The van der Waals surface area contributed by atoms with E-state index in [4.69, 9.17) is 14.2 Å². The predicted octanol–water partition coefficient (Wildman–Crippen LogP) is 2.76. The monoisotopic (exact) mass is 546 g/mol. The zero-order valence-corrected chi connectivity index (χ0v) is 21.9. The Morgan fingerprint density at radius 2 is 1.68 bits per heavy atom. The summed E-state index contributed by atoms with van der Waals surface area (Å²) in [4.78, 5) is 50.1. The van der Waals surface area contributed by atoms with E-state index < -0.39 is 29.9 Å². The van der Waals surface area contributed by atoms with Crippen molar-refractivity contribution in [2.45, 2.75) is 25.9 Å². The number of rotatable bonds is 11. The second kappa shape index (κ2) is 13.7. The van der Waals surface area contributed by atoms with Crippen molar-refractivity contribution in [2.24, 2.45) is 0 Å². The van der Waals surface area contributed by atoms with Crippen molar-refractivity contribution in [2.75, 3.05) is 25.3 Å². The standard InChI is InChI=1S/C29H30N4O7/c1-2-38-28(36)23(13-20-11-12-24-25(14-20)40-18-39-24)33-26(34)17-30-27(35)21-9-6-10-22(15-21)32-29(37)31-16-19-7-4-3-5-8-19/h3-12,14-15,23H,2,13,16-18H2,1H3,(H,30,35)(H,33,34)(H2,31,32,37). The highest BCUT2D eigenvalue weighted by Crippen LogP contribution is 2.32. The molecule has 3 aromatic rings. The quantitative estimate of drug-likeness (QED) is 0.271. The van der Waals surface area contributed by atoms with Gasteiger partial charge in [-0.2, -0.15) is 0 Å². The number of urea groups is 1. The molecule has 1 unspecified atom stereocenters. The van der Waals surface area contributed by atoms with E-state index >= 15 is 0 Å². The molecule has 0 saturated heterocycles. The van der Waals surface area contributed by atoms with E-state index in [1.807, 2.05) is 30.3 Å². The molecule has 1 aliphatic heterocycles. The van der Waals surface area contributed by atoms with E-state index in [2.05, 4.69) is 21.3 Å². The summed E-state index contributed by atoms with van der Waals surface area (Å²) < 4.78 is 15.8. The minimum absolute atomic E-state index is 0.122. The number of fused-ring (bicyclic) bond motifs is 1. The Balaban J connectivity index is 1.29. The number of benzene rings is 3. The van der Waals surface area contributed by atoms with Gasteiger partial charge >= 0.3 is 12.0 Å². The second-order valence-corrected chi connectivity index (χ2v) is 8.82. The number of nitrogens with one attached hydrogen (secondary N) is 4. The number of hydrogen-bond acceptors (Lipinski definition) is 7. The van der Waals surface area contributed by atoms with Crippen molar-refractivity contribution >= 4 is 29.5 Å². The van der Waals surface area contributed by atoms with Crippen LogP contribution in [0.5, 0.6) is 11.5 Å². The average molecular weight is 547 g/mol. The molecule has 0 saturated carbocycles. The Bertz CT molecular complexity index is 1360. The second-order valence-electron chi connectivity index (χ2n) is 8.82. The molecule has 0 fully saturated rings. The van der Waals surface area contributed by atoms with Crippen LogP contribution in [0.2, 0.25) is 0 Å². The molecule has 3 aromatic carbocycles. The highest BCUT2D eigenvalue weighted by Gasteiger charge is 2.24. The summed E-state index contributed by atoms with van der Waals surface area (Å²) in [7, 11) is 0. The molecule has 0 radical (unpaired) electrons. The van der Waals surface area contributed by atoms with Crippen LogP contribution >= 0.6 is 0 Å². The summed E-state index contributed by atoms with van der Waals surface area (Å²) in [6, 6.07) is 19.6. The topological polar surface area (TPSA) is 144 Å². The van der Waals surface area contributed by atoms with Crippen molar-refractivity contribution in [1.82, 2.24) is 16.0 Å². The zero-order valence-electron chi connectivity index (χ0n) is 21.9. The van der Waals surface area contributed by atoms with Gasteiger partial charge in [0.2, 0.25) is 12.7 Å².